The van der Waals surface area contributed by atoms with Crippen LogP contribution in [0.3, 0.4) is 0 Å². The van der Waals surface area contributed by atoms with Gasteiger partial charge in [-0.25, -0.2) is 8.78 Å². The minimum atomic E-state index is -4.77. The molecule has 0 amide bonds. The minimum absolute atomic E-state index is 0.235. The van der Waals surface area contributed by atoms with Gasteiger partial charge in [0, 0.05) is 11.6 Å². The highest BCUT2D eigenvalue weighted by atomic mass is 19.4. The second-order valence-corrected chi connectivity index (χ2v) is 3.37. The number of hydrogen-bond acceptors (Lipinski definition) is 1. The molecule has 1 aromatic rings. The molecule has 0 aromatic heterocycles. The summed E-state index contributed by atoms with van der Waals surface area (Å²) in [5.41, 5.74) is 3.54. The molecule has 6 heteroatoms. The first-order chi connectivity index (χ1) is 7.27. The topological polar surface area (TPSA) is 26.0 Å². The third-order valence-corrected chi connectivity index (χ3v) is 2.22. The highest BCUT2D eigenvalue weighted by molar-refractivity contribution is 5.30. The molecular formula is C10H10F5N. The smallest absolute Gasteiger partial charge is 0.324 e. The van der Waals surface area contributed by atoms with Crippen molar-refractivity contribution in [3.05, 3.63) is 34.9 Å². The standard InChI is InChI=1S/C10H10F5N/c1-2-8(16)9-6(11)3-5(4-7(9)12)10(13,14)15/h3-4,8H,2,16H2,1H3/t8-/m1/s1. The monoisotopic (exact) mass is 239 g/mol. The van der Waals surface area contributed by atoms with E-state index in [-0.39, 0.29) is 18.6 Å². The zero-order chi connectivity index (χ0) is 12.5. The Morgan fingerprint density at radius 1 is 1.19 bits per heavy atom. The van der Waals surface area contributed by atoms with Crippen LogP contribution in [0.5, 0.6) is 0 Å². The summed E-state index contributed by atoms with van der Waals surface area (Å²) in [6.07, 6.45) is -4.53. The van der Waals surface area contributed by atoms with Gasteiger partial charge in [0.25, 0.3) is 0 Å². The normalized spacial score (nSPS) is 13.9. The van der Waals surface area contributed by atoms with E-state index in [1.807, 2.05) is 0 Å². The lowest BCUT2D eigenvalue weighted by atomic mass is 10.0. The van der Waals surface area contributed by atoms with Gasteiger partial charge in [-0.15, -0.1) is 0 Å². The molecule has 16 heavy (non-hydrogen) atoms. The average molecular weight is 239 g/mol. The molecule has 1 rings (SSSR count). The van der Waals surface area contributed by atoms with E-state index in [9.17, 15) is 22.0 Å². The van der Waals surface area contributed by atoms with Crippen LogP contribution in [0.1, 0.15) is 30.5 Å². The molecule has 1 nitrogen and oxygen atoms in total. The molecule has 0 unspecified atom stereocenters. The van der Waals surface area contributed by atoms with Crippen LogP contribution in [-0.4, -0.2) is 0 Å². The lowest BCUT2D eigenvalue weighted by molar-refractivity contribution is -0.138. The summed E-state index contributed by atoms with van der Waals surface area (Å²) in [5.74, 6) is -2.52. The lowest BCUT2D eigenvalue weighted by Gasteiger charge is -2.14. The van der Waals surface area contributed by atoms with Crippen molar-refractivity contribution in [2.75, 3.05) is 0 Å². The Balaban J connectivity index is 3.28. The van der Waals surface area contributed by atoms with Crippen LogP contribution in [0.25, 0.3) is 0 Å². The second kappa shape index (κ2) is 4.37. The number of rotatable bonds is 2. The van der Waals surface area contributed by atoms with Crippen molar-refractivity contribution in [2.24, 2.45) is 5.73 Å². The van der Waals surface area contributed by atoms with Crippen LogP contribution in [0, 0.1) is 11.6 Å². The zero-order valence-corrected chi connectivity index (χ0v) is 8.41. The summed E-state index contributed by atoms with van der Waals surface area (Å²) in [7, 11) is 0. The van der Waals surface area contributed by atoms with Crippen molar-refractivity contribution in [3.8, 4) is 0 Å². The average Bonchev–Trinajstić information content (AvgIpc) is 2.14. The number of halogens is 5. The fourth-order valence-electron chi connectivity index (χ4n) is 1.31. The first-order valence-electron chi connectivity index (χ1n) is 4.59. The SMILES string of the molecule is CC[C@@H](N)c1c(F)cc(C(F)(F)F)cc1F. The molecule has 0 fully saturated rings. The van der Waals surface area contributed by atoms with Crippen LogP contribution in [0.4, 0.5) is 22.0 Å². The highest BCUT2D eigenvalue weighted by Crippen LogP contribution is 2.32. The number of benzene rings is 1. The fourth-order valence-corrected chi connectivity index (χ4v) is 1.31. The Bertz CT molecular complexity index is 362. The molecule has 2 N–H and O–H groups in total. The molecule has 90 valence electrons. The quantitative estimate of drug-likeness (QED) is 0.786. The van der Waals surface area contributed by atoms with E-state index in [4.69, 9.17) is 5.73 Å². The van der Waals surface area contributed by atoms with Crippen molar-refractivity contribution in [1.29, 1.82) is 0 Å². The van der Waals surface area contributed by atoms with Crippen molar-refractivity contribution in [3.63, 3.8) is 0 Å². The van der Waals surface area contributed by atoms with Gasteiger partial charge in [-0.3, -0.25) is 0 Å². The summed E-state index contributed by atoms with van der Waals surface area (Å²) in [5, 5.41) is 0. The van der Waals surface area contributed by atoms with E-state index in [2.05, 4.69) is 0 Å². The van der Waals surface area contributed by atoms with E-state index in [0.717, 1.165) is 0 Å². The van der Waals surface area contributed by atoms with E-state index in [0.29, 0.717) is 0 Å². The Labute approximate surface area is 89.1 Å². The predicted octanol–water partition coefficient (Wildman–Crippen LogP) is 3.39. The fraction of sp³-hybridized carbons (Fsp3) is 0.400. The van der Waals surface area contributed by atoms with Gasteiger partial charge in [0.15, 0.2) is 0 Å². The molecule has 0 radical (unpaired) electrons. The molecule has 1 aromatic carbocycles. The van der Waals surface area contributed by atoms with E-state index in [1.165, 1.54) is 0 Å². The van der Waals surface area contributed by atoms with Crippen molar-refractivity contribution >= 4 is 0 Å². The van der Waals surface area contributed by atoms with E-state index in [1.54, 1.807) is 6.92 Å². The largest absolute Gasteiger partial charge is 0.416 e. The van der Waals surface area contributed by atoms with Gasteiger partial charge in [0.1, 0.15) is 11.6 Å². The third kappa shape index (κ3) is 2.49. The van der Waals surface area contributed by atoms with Gasteiger partial charge in [0.05, 0.1) is 5.56 Å². The summed E-state index contributed by atoms with van der Waals surface area (Å²) >= 11 is 0. The first kappa shape index (κ1) is 12.9. The molecular weight excluding hydrogens is 229 g/mol. The molecule has 0 saturated carbocycles. The number of alkyl halides is 3. The molecule has 0 aliphatic rings. The van der Waals surface area contributed by atoms with Crippen LogP contribution in [0.2, 0.25) is 0 Å². The Hall–Kier alpha value is -1.17. The van der Waals surface area contributed by atoms with E-state index >= 15 is 0 Å². The Kier molecular flexibility index (Phi) is 3.52. The van der Waals surface area contributed by atoms with Crippen molar-refractivity contribution in [2.45, 2.75) is 25.6 Å². The van der Waals surface area contributed by atoms with Gasteiger partial charge in [-0.2, -0.15) is 13.2 Å². The van der Waals surface area contributed by atoms with Crippen LogP contribution < -0.4 is 5.73 Å². The Morgan fingerprint density at radius 3 is 1.94 bits per heavy atom. The van der Waals surface area contributed by atoms with Crippen molar-refractivity contribution < 1.29 is 22.0 Å². The molecule has 0 heterocycles. The lowest BCUT2D eigenvalue weighted by Crippen LogP contribution is -2.15. The maximum Gasteiger partial charge on any atom is 0.416 e. The molecule has 1 atom stereocenters. The number of hydrogen-bond donors (Lipinski definition) is 1. The molecule has 0 aliphatic heterocycles. The predicted molar refractivity (Wildman–Crippen MR) is 48.6 cm³/mol. The highest BCUT2D eigenvalue weighted by Gasteiger charge is 2.33. The number of nitrogens with two attached hydrogens (primary N) is 1. The van der Waals surface area contributed by atoms with E-state index < -0.39 is 35.0 Å². The zero-order valence-electron chi connectivity index (χ0n) is 8.41. The summed E-state index contributed by atoms with van der Waals surface area (Å²) in [6, 6.07) is -0.427. The van der Waals surface area contributed by atoms with Gasteiger partial charge < -0.3 is 5.73 Å². The molecule has 0 spiro atoms. The maximum atomic E-state index is 13.3. The van der Waals surface area contributed by atoms with Gasteiger partial charge >= 0.3 is 6.18 Å². The Morgan fingerprint density at radius 2 is 1.62 bits per heavy atom. The minimum Gasteiger partial charge on any atom is -0.324 e. The summed E-state index contributed by atoms with van der Waals surface area (Å²) in [4.78, 5) is 0. The van der Waals surface area contributed by atoms with Gasteiger partial charge in [-0.05, 0) is 18.6 Å². The second-order valence-electron chi connectivity index (χ2n) is 3.37. The summed E-state index contributed by atoms with van der Waals surface area (Å²) in [6.45, 7) is 1.58. The third-order valence-electron chi connectivity index (χ3n) is 2.22. The van der Waals surface area contributed by atoms with Crippen LogP contribution in [0.15, 0.2) is 12.1 Å². The first-order valence-corrected chi connectivity index (χ1v) is 4.59. The maximum absolute atomic E-state index is 13.3. The summed E-state index contributed by atoms with van der Waals surface area (Å²) < 4.78 is 63.1. The molecule has 0 aliphatic carbocycles. The molecule has 0 saturated heterocycles. The van der Waals surface area contributed by atoms with Crippen LogP contribution >= 0.6 is 0 Å². The van der Waals surface area contributed by atoms with Crippen molar-refractivity contribution in [1.82, 2.24) is 0 Å². The molecule has 0 bridgehead atoms. The van der Waals surface area contributed by atoms with Gasteiger partial charge in [0.2, 0.25) is 0 Å². The van der Waals surface area contributed by atoms with Gasteiger partial charge in [-0.1, -0.05) is 6.92 Å². The van der Waals surface area contributed by atoms with Crippen LogP contribution in [-0.2, 0) is 6.18 Å².